The molecule has 0 amide bonds. The van der Waals surface area contributed by atoms with Crippen LogP contribution in [0, 0.1) is 5.82 Å². The number of benzene rings is 1. The van der Waals surface area contributed by atoms with Crippen molar-refractivity contribution >= 4 is 17.0 Å². The summed E-state index contributed by atoms with van der Waals surface area (Å²) >= 11 is 1.74. The Labute approximate surface area is 130 Å². The summed E-state index contributed by atoms with van der Waals surface area (Å²) in [5.41, 5.74) is 7.36. The highest BCUT2D eigenvalue weighted by atomic mass is 32.1. The Balaban J connectivity index is 2.09. The fourth-order valence-electron chi connectivity index (χ4n) is 2.43. The Hall–Kier alpha value is -1.39. The van der Waals surface area contributed by atoms with E-state index >= 15 is 0 Å². The SMILES string of the molecule is CC(N)Cc1ccc(N(C)C(C)Cc2cccs2)c(F)c1. The first-order valence-electron chi connectivity index (χ1n) is 7.26. The molecule has 0 fully saturated rings. The average Bonchev–Trinajstić information content (AvgIpc) is 2.90. The molecule has 0 saturated heterocycles. The molecule has 21 heavy (non-hydrogen) atoms. The van der Waals surface area contributed by atoms with Gasteiger partial charge in [0.1, 0.15) is 5.82 Å². The Morgan fingerprint density at radius 1 is 1.24 bits per heavy atom. The van der Waals surface area contributed by atoms with Gasteiger partial charge in [0.15, 0.2) is 0 Å². The third-order valence-corrected chi connectivity index (χ3v) is 4.59. The van der Waals surface area contributed by atoms with E-state index in [4.69, 9.17) is 5.73 Å². The number of nitrogens with two attached hydrogens (primary N) is 1. The van der Waals surface area contributed by atoms with Crippen LogP contribution in [-0.2, 0) is 12.8 Å². The second kappa shape index (κ2) is 7.05. The van der Waals surface area contributed by atoms with Gasteiger partial charge in [-0.05, 0) is 49.4 Å². The van der Waals surface area contributed by atoms with E-state index in [-0.39, 0.29) is 17.9 Å². The molecule has 114 valence electrons. The molecule has 1 aromatic heterocycles. The Bertz CT molecular complexity index is 566. The highest BCUT2D eigenvalue weighted by Crippen LogP contribution is 2.24. The van der Waals surface area contributed by atoms with E-state index in [1.807, 2.05) is 31.0 Å². The van der Waals surface area contributed by atoms with Crippen LogP contribution in [-0.4, -0.2) is 19.1 Å². The number of likely N-dealkylation sites (N-methyl/N-ethyl adjacent to an activating group) is 1. The van der Waals surface area contributed by atoms with Crippen LogP contribution in [0.1, 0.15) is 24.3 Å². The Morgan fingerprint density at radius 2 is 2.00 bits per heavy atom. The smallest absolute Gasteiger partial charge is 0.146 e. The van der Waals surface area contributed by atoms with Gasteiger partial charge in [-0.3, -0.25) is 0 Å². The van der Waals surface area contributed by atoms with E-state index in [0.717, 1.165) is 12.0 Å². The summed E-state index contributed by atoms with van der Waals surface area (Å²) in [5, 5.41) is 2.07. The van der Waals surface area contributed by atoms with Crippen LogP contribution < -0.4 is 10.6 Å². The van der Waals surface area contributed by atoms with Crippen molar-refractivity contribution in [3.8, 4) is 0 Å². The van der Waals surface area contributed by atoms with Crippen molar-refractivity contribution in [2.45, 2.75) is 38.8 Å². The number of anilines is 1. The van der Waals surface area contributed by atoms with E-state index in [9.17, 15) is 4.39 Å². The molecule has 0 bridgehead atoms. The van der Waals surface area contributed by atoms with Gasteiger partial charge in [0.25, 0.3) is 0 Å². The third-order valence-electron chi connectivity index (χ3n) is 3.69. The van der Waals surface area contributed by atoms with E-state index in [1.54, 1.807) is 17.4 Å². The molecule has 2 nitrogen and oxygen atoms in total. The third kappa shape index (κ3) is 4.29. The van der Waals surface area contributed by atoms with Crippen molar-refractivity contribution in [2.24, 2.45) is 5.73 Å². The molecule has 1 aromatic carbocycles. The van der Waals surface area contributed by atoms with Gasteiger partial charge in [-0.2, -0.15) is 0 Å². The van der Waals surface area contributed by atoms with Crippen LogP contribution in [0.5, 0.6) is 0 Å². The first-order valence-corrected chi connectivity index (χ1v) is 8.14. The van der Waals surface area contributed by atoms with Gasteiger partial charge in [-0.1, -0.05) is 12.1 Å². The molecule has 2 N–H and O–H groups in total. The molecule has 4 heteroatoms. The molecule has 0 aliphatic rings. The molecule has 0 aliphatic carbocycles. The van der Waals surface area contributed by atoms with Crippen LogP contribution in [0.2, 0.25) is 0 Å². The molecule has 2 aromatic rings. The maximum absolute atomic E-state index is 14.3. The van der Waals surface area contributed by atoms with Crippen molar-refractivity contribution in [1.82, 2.24) is 0 Å². The number of hydrogen-bond acceptors (Lipinski definition) is 3. The van der Waals surface area contributed by atoms with Crippen molar-refractivity contribution in [2.75, 3.05) is 11.9 Å². The summed E-state index contributed by atoms with van der Waals surface area (Å²) in [7, 11) is 1.95. The molecule has 2 atom stereocenters. The lowest BCUT2D eigenvalue weighted by molar-refractivity contribution is 0.601. The molecular weight excluding hydrogens is 283 g/mol. The quantitative estimate of drug-likeness (QED) is 0.878. The van der Waals surface area contributed by atoms with Gasteiger partial charge < -0.3 is 10.6 Å². The van der Waals surface area contributed by atoms with E-state index in [1.165, 1.54) is 4.88 Å². The lowest BCUT2D eigenvalue weighted by atomic mass is 10.1. The van der Waals surface area contributed by atoms with E-state index in [0.29, 0.717) is 12.1 Å². The predicted molar refractivity (Wildman–Crippen MR) is 89.6 cm³/mol. The number of thiophene rings is 1. The number of hydrogen-bond donors (Lipinski definition) is 1. The average molecular weight is 306 g/mol. The van der Waals surface area contributed by atoms with Crippen LogP contribution in [0.25, 0.3) is 0 Å². The van der Waals surface area contributed by atoms with Crippen molar-refractivity contribution in [3.05, 3.63) is 52.0 Å². The zero-order chi connectivity index (χ0) is 15.4. The Morgan fingerprint density at radius 3 is 2.57 bits per heavy atom. The summed E-state index contributed by atoms with van der Waals surface area (Å²) in [6.07, 6.45) is 1.63. The maximum atomic E-state index is 14.3. The van der Waals surface area contributed by atoms with Crippen molar-refractivity contribution < 1.29 is 4.39 Å². The lowest BCUT2D eigenvalue weighted by Crippen LogP contribution is -2.31. The first kappa shape index (κ1) is 16.0. The summed E-state index contributed by atoms with van der Waals surface area (Å²) < 4.78 is 14.3. The number of halogens is 1. The molecule has 0 radical (unpaired) electrons. The predicted octanol–water partition coefficient (Wildman–Crippen LogP) is 3.84. The second-order valence-corrected chi connectivity index (χ2v) is 6.74. The minimum absolute atomic E-state index is 0.0470. The maximum Gasteiger partial charge on any atom is 0.146 e. The largest absolute Gasteiger partial charge is 0.369 e. The molecule has 0 saturated carbocycles. The normalized spacial score (nSPS) is 14.0. The molecular formula is C17H23FN2S. The topological polar surface area (TPSA) is 29.3 Å². The van der Waals surface area contributed by atoms with E-state index < -0.39 is 0 Å². The summed E-state index contributed by atoms with van der Waals surface area (Å²) in [6, 6.07) is 9.90. The minimum Gasteiger partial charge on any atom is -0.369 e. The second-order valence-electron chi connectivity index (χ2n) is 5.71. The van der Waals surface area contributed by atoms with Crippen LogP contribution >= 0.6 is 11.3 Å². The van der Waals surface area contributed by atoms with Crippen LogP contribution in [0.15, 0.2) is 35.7 Å². The fraction of sp³-hybridized carbons (Fsp3) is 0.412. The van der Waals surface area contributed by atoms with Gasteiger partial charge in [-0.25, -0.2) is 4.39 Å². The van der Waals surface area contributed by atoms with Gasteiger partial charge in [0, 0.05) is 30.4 Å². The molecule has 2 rings (SSSR count). The van der Waals surface area contributed by atoms with Crippen LogP contribution in [0.4, 0.5) is 10.1 Å². The monoisotopic (exact) mass is 306 g/mol. The summed E-state index contributed by atoms with van der Waals surface area (Å²) in [6.45, 7) is 4.05. The standard InChI is InChI=1S/C17H23FN2S/c1-12(19)9-14-6-7-17(16(18)11-14)20(3)13(2)10-15-5-4-8-21-15/h4-8,11-13H,9-10,19H2,1-3H3. The highest BCUT2D eigenvalue weighted by Gasteiger charge is 2.15. The van der Waals surface area contributed by atoms with E-state index in [2.05, 4.69) is 24.4 Å². The van der Waals surface area contributed by atoms with Gasteiger partial charge in [0.2, 0.25) is 0 Å². The molecule has 0 aliphatic heterocycles. The van der Waals surface area contributed by atoms with Crippen molar-refractivity contribution in [3.63, 3.8) is 0 Å². The van der Waals surface area contributed by atoms with Crippen LogP contribution in [0.3, 0.4) is 0 Å². The Kier molecular flexibility index (Phi) is 5.37. The summed E-state index contributed by atoms with van der Waals surface area (Å²) in [5.74, 6) is -0.173. The fourth-order valence-corrected chi connectivity index (χ4v) is 3.26. The zero-order valence-electron chi connectivity index (χ0n) is 12.8. The summed E-state index contributed by atoms with van der Waals surface area (Å²) in [4.78, 5) is 3.33. The molecule has 1 heterocycles. The zero-order valence-corrected chi connectivity index (χ0v) is 13.7. The number of rotatable bonds is 6. The number of nitrogens with zero attached hydrogens (tertiary/aromatic N) is 1. The van der Waals surface area contributed by atoms with Gasteiger partial charge >= 0.3 is 0 Å². The van der Waals surface area contributed by atoms with Gasteiger partial charge in [-0.15, -0.1) is 11.3 Å². The highest BCUT2D eigenvalue weighted by molar-refractivity contribution is 7.09. The van der Waals surface area contributed by atoms with Crippen molar-refractivity contribution in [1.29, 1.82) is 0 Å². The molecule has 2 unspecified atom stereocenters. The molecule has 0 spiro atoms. The van der Waals surface area contributed by atoms with Gasteiger partial charge in [0.05, 0.1) is 5.69 Å². The minimum atomic E-state index is -0.173. The lowest BCUT2D eigenvalue weighted by Gasteiger charge is -2.27. The first-order chi connectivity index (χ1) is 9.97.